The van der Waals surface area contributed by atoms with Gasteiger partial charge in [-0.05, 0) is 54.3 Å². The summed E-state index contributed by atoms with van der Waals surface area (Å²) in [6.45, 7) is 1.21. The van der Waals surface area contributed by atoms with Crippen LogP contribution in [0, 0.1) is 5.41 Å². The molecule has 0 radical (unpaired) electrons. The van der Waals surface area contributed by atoms with Crippen molar-refractivity contribution in [2.45, 2.75) is 24.7 Å². The third-order valence-electron chi connectivity index (χ3n) is 4.56. The van der Waals surface area contributed by atoms with Crippen LogP contribution in [0.2, 0.25) is 0 Å². The fraction of sp³-hybridized carbons (Fsp3) is 0.538. The number of hydrogen-bond acceptors (Lipinski definition) is 3. The molecule has 0 saturated heterocycles. The van der Waals surface area contributed by atoms with Crippen molar-refractivity contribution < 1.29 is 9.47 Å². The Morgan fingerprint density at radius 2 is 1.88 bits per heavy atom. The van der Waals surface area contributed by atoms with E-state index in [4.69, 9.17) is 15.2 Å². The Kier molecular flexibility index (Phi) is 1.41. The van der Waals surface area contributed by atoms with Gasteiger partial charge in [0.1, 0.15) is 0 Å². The van der Waals surface area contributed by atoms with Crippen LogP contribution in [0.1, 0.15) is 24.8 Å². The van der Waals surface area contributed by atoms with Crippen LogP contribution in [-0.4, -0.2) is 13.3 Å². The second-order valence-corrected chi connectivity index (χ2v) is 5.58. The molecule has 3 aliphatic carbocycles. The summed E-state index contributed by atoms with van der Waals surface area (Å²) in [5.41, 5.74) is 8.10. The highest BCUT2D eigenvalue weighted by Gasteiger charge is 2.67. The van der Waals surface area contributed by atoms with E-state index in [9.17, 15) is 0 Å². The fourth-order valence-electron chi connectivity index (χ4n) is 3.75. The van der Waals surface area contributed by atoms with Crippen molar-refractivity contribution in [3.8, 4) is 11.5 Å². The zero-order valence-electron chi connectivity index (χ0n) is 9.16. The standard InChI is InChI=1S/C13H15NO2/c14-7-12-4-13(5-12,6-12)9-1-2-10-11(3-9)16-8-15-10/h1-3H,4-8,14H2. The van der Waals surface area contributed by atoms with E-state index < -0.39 is 0 Å². The summed E-state index contributed by atoms with van der Waals surface area (Å²) < 4.78 is 10.8. The predicted molar refractivity (Wildman–Crippen MR) is 59.6 cm³/mol. The minimum Gasteiger partial charge on any atom is -0.454 e. The lowest BCUT2D eigenvalue weighted by Gasteiger charge is -2.71. The first-order chi connectivity index (χ1) is 7.75. The molecule has 84 valence electrons. The minimum atomic E-state index is 0.360. The quantitative estimate of drug-likeness (QED) is 0.821. The third-order valence-corrected chi connectivity index (χ3v) is 4.56. The molecule has 0 amide bonds. The molecule has 2 bridgehead atoms. The highest BCUT2D eigenvalue weighted by Crippen LogP contribution is 2.73. The average Bonchev–Trinajstić information content (AvgIpc) is 2.61. The largest absolute Gasteiger partial charge is 0.454 e. The molecular weight excluding hydrogens is 202 g/mol. The van der Waals surface area contributed by atoms with Gasteiger partial charge in [0, 0.05) is 0 Å². The van der Waals surface area contributed by atoms with Crippen LogP contribution in [-0.2, 0) is 5.41 Å². The highest BCUT2D eigenvalue weighted by molar-refractivity contribution is 5.49. The fourth-order valence-corrected chi connectivity index (χ4v) is 3.75. The summed E-state index contributed by atoms with van der Waals surface area (Å²) in [6.07, 6.45) is 3.78. The Balaban J connectivity index is 1.66. The lowest BCUT2D eigenvalue weighted by molar-refractivity contribution is -0.132. The summed E-state index contributed by atoms with van der Waals surface area (Å²) in [5, 5.41) is 0. The van der Waals surface area contributed by atoms with E-state index in [-0.39, 0.29) is 0 Å². The van der Waals surface area contributed by atoms with Gasteiger partial charge in [-0.2, -0.15) is 0 Å². The number of nitrogens with two attached hydrogens (primary N) is 1. The number of fused-ring (bicyclic) bond motifs is 1. The van der Waals surface area contributed by atoms with E-state index in [2.05, 4.69) is 12.1 Å². The molecule has 3 saturated carbocycles. The zero-order valence-corrected chi connectivity index (χ0v) is 9.16. The maximum Gasteiger partial charge on any atom is 0.231 e. The lowest BCUT2D eigenvalue weighted by Crippen LogP contribution is -2.67. The number of benzene rings is 1. The van der Waals surface area contributed by atoms with Gasteiger partial charge in [-0.15, -0.1) is 0 Å². The molecule has 0 unspecified atom stereocenters. The number of hydrogen-bond donors (Lipinski definition) is 1. The maximum absolute atomic E-state index is 5.79. The molecular formula is C13H15NO2. The second-order valence-electron chi connectivity index (χ2n) is 5.58. The molecule has 1 heterocycles. The maximum atomic E-state index is 5.79. The van der Waals surface area contributed by atoms with Crippen molar-refractivity contribution in [1.29, 1.82) is 0 Å². The molecule has 5 rings (SSSR count). The predicted octanol–water partition coefficient (Wildman–Crippen LogP) is 1.80. The van der Waals surface area contributed by atoms with Gasteiger partial charge in [0.25, 0.3) is 0 Å². The summed E-state index contributed by atoms with van der Waals surface area (Å²) >= 11 is 0. The topological polar surface area (TPSA) is 44.5 Å². The van der Waals surface area contributed by atoms with E-state index in [1.807, 2.05) is 6.07 Å². The molecule has 0 aromatic heterocycles. The third kappa shape index (κ3) is 0.884. The molecule has 3 fully saturated rings. The first-order valence-corrected chi connectivity index (χ1v) is 5.86. The van der Waals surface area contributed by atoms with Crippen LogP contribution in [0.25, 0.3) is 0 Å². The van der Waals surface area contributed by atoms with Gasteiger partial charge >= 0.3 is 0 Å². The molecule has 2 N–H and O–H groups in total. The summed E-state index contributed by atoms with van der Waals surface area (Å²) in [5.74, 6) is 1.79. The Labute approximate surface area is 94.5 Å². The smallest absolute Gasteiger partial charge is 0.231 e. The van der Waals surface area contributed by atoms with Gasteiger partial charge < -0.3 is 15.2 Å². The van der Waals surface area contributed by atoms with Gasteiger partial charge in [0.15, 0.2) is 11.5 Å². The normalized spacial score (nSPS) is 37.8. The second kappa shape index (κ2) is 2.54. The Morgan fingerprint density at radius 1 is 1.12 bits per heavy atom. The van der Waals surface area contributed by atoms with Crippen molar-refractivity contribution in [3.05, 3.63) is 23.8 Å². The van der Waals surface area contributed by atoms with Crippen LogP contribution in [0.3, 0.4) is 0 Å². The SMILES string of the molecule is NCC12CC(c3ccc4c(c3)OCO4)(C1)C2. The molecule has 3 heteroatoms. The monoisotopic (exact) mass is 217 g/mol. The van der Waals surface area contributed by atoms with Gasteiger partial charge in [-0.25, -0.2) is 0 Å². The van der Waals surface area contributed by atoms with E-state index in [1.165, 1.54) is 24.8 Å². The van der Waals surface area contributed by atoms with E-state index in [0.717, 1.165) is 18.0 Å². The average molecular weight is 217 g/mol. The van der Waals surface area contributed by atoms with Crippen LogP contribution < -0.4 is 15.2 Å². The van der Waals surface area contributed by atoms with Crippen molar-refractivity contribution in [2.75, 3.05) is 13.3 Å². The van der Waals surface area contributed by atoms with E-state index in [1.54, 1.807) is 0 Å². The molecule has 1 aromatic rings. The van der Waals surface area contributed by atoms with Gasteiger partial charge in [-0.1, -0.05) is 6.07 Å². The molecule has 3 nitrogen and oxygen atoms in total. The Hall–Kier alpha value is -1.22. The molecule has 4 aliphatic rings. The molecule has 1 aromatic carbocycles. The zero-order chi connectivity index (χ0) is 10.8. The molecule has 1 aliphatic heterocycles. The lowest BCUT2D eigenvalue weighted by atomic mass is 9.33. The van der Waals surface area contributed by atoms with Crippen molar-refractivity contribution in [1.82, 2.24) is 0 Å². The summed E-state index contributed by atoms with van der Waals surface area (Å²) in [7, 11) is 0. The van der Waals surface area contributed by atoms with E-state index in [0.29, 0.717) is 17.6 Å². The first kappa shape index (κ1) is 8.88. The Bertz CT molecular complexity index is 449. The molecule has 16 heavy (non-hydrogen) atoms. The van der Waals surface area contributed by atoms with Crippen molar-refractivity contribution >= 4 is 0 Å². The number of ether oxygens (including phenoxy) is 2. The van der Waals surface area contributed by atoms with Crippen molar-refractivity contribution in [3.63, 3.8) is 0 Å². The van der Waals surface area contributed by atoms with Crippen LogP contribution >= 0.6 is 0 Å². The summed E-state index contributed by atoms with van der Waals surface area (Å²) in [4.78, 5) is 0. The molecule has 0 spiro atoms. The van der Waals surface area contributed by atoms with Gasteiger partial charge in [-0.3, -0.25) is 0 Å². The van der Waals surface area contributed by atoms with Crippen LogP contribution in [0.5, 0.6) is 11.5 Å². The first-order valence-electron chi connectivity index (χ1n) is 5.86. The van der Waals surface area contributed by atoms with Crippen molar-refractivity contribution in [2.24, 2.45) is 11.1 Å². The highest BCUT2D eigenvalue weighted by atomic mass is 16.7. The Morgan fingerprint density at radius 3 is 2.62 bits per heavy atom. The summed E-state index contributed by atoms with van der Waals surface area (Å²) in [6, 6.07) is 6.38. The minimum absolute atomic E-state index is 0.360. The van der Waals surface area contributed by atoms with Crippen LogP contribution in [0.4, 0.5) is 0 Å². The molecule has 0 atom stereocenters. The van der Waals surface area contributed by atoms with Gasteiger partial charge in [0.05, 0.1) is 0 Å². The van der Waals surface area contributed by atoms with Crippen LogP contribution in [0.15, 0.2) is 18.2 Å². The van der Waals surface area contributed by atoms with E-state index >= 15 is 0 Å². The van der Waals surface area contributed by atoms with Gasteiger partial charge in [0.2, 0.25) is 6.79 Å². The number of rotatable bonds is 2.